The molecule has 0 N–H and O–H groups in total. The topological polar surface area (TPSA) is 285 Å². The number of azo groups is 2. The second-order valence-electron chi connectivity index (χ2n) is 11.2. The second-order valence-corrected chi connectivity index (χ2v) is 12.6. The molecule has 0 spiro atoms. The van der Waals surface area contributed by atoms with Crippen molar-refractivity contribution < 1.29 is 120 Å². The summed E-state index contributed by atoms with van der Waals surface area (Å²) in [6, 6.07) is 26.7. The van der Waals surface area contributed by atoms with Gasteiger partial charge in [0.2, 0.25) is 0 Å². The van der Waals surface area contributed by atoms with Gasteiger partial charge in [-0.15, -0.1) is 0 Å². The van der Waals surface area contributed by atoms with Crippen LogP contribution in [0.2, 0.25) is 0 Å². The Morgan fingerprint density at radius 3 is 1.42 bits per heavy atom. The maximum Gasteiger partial charge on any atom is 3.00 e. The molecule has 0 amide bonds. The normalized spacial score (nSPS) is 11.0. The SMILES string of the molecule is O=[N+]([O-])c1ccc([O-])c(N=Nc2c([O-])ccc3ccccc23)c1.O=[N+]([O-])c1ccc2c(N=Nc3c([O-])ccc4ccccc34)c([O-])cc(S(=O)(=O)[O-])c2c1.[Cr+3].[Na+].[Na+]. The molecule has 0 saturated heterocycles. The Bertz CT molecular complexity index is 2850. The largest absolute Gasteiger partial charge is 3.00 e. The Hall–Kier alpha value is -5.04. The molecule has 0 aliphatic rings. The summed E-state index contributed by atoms with van der Waals surface area (Å²) >= 11 is 0. The minimum absolute atomic E-state index is 0. The third-order valence-corrected chi connectivity index (χ3v) is 8.76. The van der Waals surface area contributed by atoms with Gasteiger partial charge in [-0.2, -0.15) is 20.5 Å². The van der Waals surface area contributed by atoms with Gasteiger partial charge in [-0.25, -0.2) is 8.42 Å². The van der Waals surface area contributed by atoms with Crippen LogP contribution in [0.5, 0.6) is 23.0 Å². The number of fused-ring (bicyclic) bond motifs is 3. The van der Waals surface area contributed by atoms with Crippen LogP contribution in [0.3, 0.4) is 0 Å². The molecule has 7 rings (SSSR count). The van der Waals surface area contributed by atoms with Crippen LogP contribution in [0.1, 0.15) is 0 Å². The molecule has 0 atom stereocenters. The van der Waals surface area contributed by atoms with Gasteiger partial charge in [0.1, 0.15) is 10.1 Å². The first-order valence-corrected chi connectivity index (χ1v) is 16.7. The molecule has 7 aromatic carbocycles. The van der Waals surface area contributed by atoms with Crippen LogP contribution < -0.4 is 79.5 Å². The van der Waals surface area contributed by atoms with Crippen molar-refractivity contribution in [3.63, 3.8) is 0 Å². The molecule has 0 aliphatic heterocycles. The van der Waals surface area contributed by atoms with Crippen LogP contribution in [-0.4, -0.2) is 22.8 Å². The van der Waals surface area contributed by atoms with Gasteiger partial charge in [-0.05, 0) is 22.9 Å². The van der Waals surface area contributed by atoms with E-state index in [1.807, 2.05) is 12.1 Å². The fourth-order valence-electron chi connectivity index (χ4n) is 5.34. The van der Waals surface area contributed by atoms with Crippen LogP contribution in [0, 0.1) is 20.2 Å². The van der Waals surface area contributed by atoms with Crippen molar-refractivity contribution in [2.24, 2.45) is 20.5 Å². The summed E-state index contributed by atoms with van der Waals surface area (Å²) in [6.45, 7) is 0. The monoisotopic (exact) mass is 841 g/mol. The average molecular weight is 842 g/mol. The third kappa shape index (κ3) is 10.3. The zero-order valence-electron chi connectivity index (χ0n) is 29.5. The first-order valence-electron chi connectivity index (χ1n) is 15.3. The van der Waals surface area contributed by atoms with Crippen molar-refractivity contribution in [2.45, 2.75) is 4.90 Å². The fraction of sp³-hybridized carbons (Fsp3) is 0. The summed E-state index contributed by atoms with van der Waals surface area (Å²) in [5.74, 6) is -2.24. The molecule has 0 unspecified atom stereocenters. The third-order valence-electron chi connectivity index (χ3n) is 7.89. The molecular formula is C36H19CrN6Na2O11S. The van der Waals surface area contributed by atoms with Gasteiger partial charge in [-0.1, -0.05) is 102 Å². The molecule has 273 valence electrons. The average Bonchev–Trinajstić information content (AvgIpc) is 3.14. The van der Waals surface area contributed by atoms with E-state index in [9.17, 15) is 53.6 Å². The molecule has 0 fully saturated rings. The number of rotatable bonds is 7. The van der Waals surface area contributed by atoms with Crippen molar-refractivity contribution in [3.05, 3.63) is 135 Å². The van der Waals surface area contributed by atoms with Gasteiger partial charge >= 0.3 is 76.5 Å². The van der Waals surface area contributed by atoms with Gasteiger partial charge in [-0.3, -0.25) is 20.2 Å². The molecule has 17 nitrogen and oxygen atoms in total. The van der Waals surface area contributed by atoms with E-state index in [-0.39, 0.29) is 121 Å². The van der Waals surface area contributed by atoms with Gasteiger partial charge in [0.15, 0.2) is 0 Å². The van der Waals surface area contributed by atoms with E-state index in [1.165, 1.54) is 12.1 Å². The number of hydrogen-bond acceptors (Lipinski definition) is 15. The van der Waals surface area contributed by atoms with E-state index in [4.69, 9.17) is 0 Å². The molecule has 57 heavy (non-hydrogen) atoms. The summed E-state index contributed by atoms with van der Waals surface area (Å²) in [7, 11) is -5.11. The fourth-order valence-corrected chi connectivity index (χ4v) is 6.03. The van der Waals surface area contributed by atoms with Gasteiger partial charge in [0.05, 0.1) is 37.5 Å². The number of hydrogen-bond donors (Lipinski definition) is 0. The maximum absolute atomic E-state index is 12.5. The zero-order chi connectivity index (χ0) is 38.7. The standard InChI is InChI=1S/C20H13N3O7S.C16H11N3O4.Cr.2Na/c24-16-8-5-11-3-1-2-4-13(11)19(16)21-22-20-14-7-6-12(23(26)27)9-15(14)18(10-17(20)25)31(28,29)30;20-14-8-6-11(19(22)23)9-13(14)17-18-16-12-4-2-1-3-10(12)5-7-15(16)21;;;/h1-10,24-25H,(H,28,29,30);1-9,20-21H;;;/q;;+3;2*+1/p-5. The molecule has 0 heterocycles. The summed E-state index contributed by atoms with van der Waals surface area (Å²) in [5.41, 5.74) is -1.23. The van der Waals surface area contributed by atoms with Gasteiger partial charge in [0, 0.05) is 45.8 Å². The predicted molar refractivity (Wildman–Crippen MR) is 186 cm³/mol. The van der Waals surface area contributed by atoms with Crippen LogP contribution in [0.15, 0.2) is 141 Å². The summed E-state index contributed by atoms with van der Waals surface area (Å²) in [5, 5.41) is 87.8. The van der Waals surface area contributed by atoms with Crippen molar-refractivity contribution in [1.29, 1.82) is 0 Å². The van der Waals surface area contributed by atoms with Crippen molar-refractivity contribution in [2.75, 3.05) is 0 Å². The Kier molecular flexibility index (Phi) is 15.8. The number of non-ortho nitro benzene ring substituents is 2. The summed E-state index contributed by atoms with van der Waals surface area (Å²) in [4.78, 5) is 19.5. The van der Waals surface area contributed by atoms with E-state index >= 15 is 0 Å². The van der Waals surface area contributed by atoms with Crippen LogP contribution in [-0.2, 0) is 27.5 Å². The summed E-state index contributed by atoms with van der Waals surface area (Å²) in [6.07, 6.45) is 0. The van der Waals surface area contributed by atoms with E-state index in [2.05, 4.69) is 20.5 Å². The molecule has 0 aromatic heterocycles. The Balaban J connectivity index is 0.000000301. The van der Waals surface area contributed by atoms with E-state index in [0.29, 0.717) is 22.2 Å². The van der Waals surface area contributed by atoms with E-state index in [1.54, 1.807) is 48.5 Å². The van der Waals surface area contributed by atoms with Crippen LogP contribution in [0.4, 0.5) is 34.1 Å². The van der Waals surface area contributed by atoms with Crippen molar-refractivity contribution in [3.8, 4) is 23.0 Å². The number of nitro groups is 2. The van der Waals surface area contributed by atoms with Crippen LogP contribution in [0.25, 0.3) is 32.3 Å². The van der Waals surface area contributed by atoms with E-state index in [0.717, 1.165) is 41.8 Å². The quantitative estimate of drug-likeness (QED) is 0.0707. The first-order chi connectivity index (χ1) is 25.7. The molecule has 0 saturated carbocycles. The molecular weight excluding hydrogens is 822 g/mol. The minimum Gasteiger partial charge on any atom is -0.871 e. The Morgan fingerprint density at radius 2 is 0.912 bits per heavy atom. The maximum atomic E-state index is 12.5. The zero-order valence-corrected chi connectivity index (χ0v) is 35.6. The van der Waals surface area contributed by atoms with Crippen molar-refractivity contribution in [1.82, 2.24) is 0 Å². The smallest absolute Gasteiger partial charge is 0.871 e. The van der Waals surface area contributed by atoms with Crippen molar-refractivity contribution >= 4 is 76.6 Å². The van der Waals surface area contributed by atoms with Gasteiger partial charge in [0.25, 0.3) is 11.4 Å². The molecule has 1 radical (unpaired) electrons. The molecule has 0 bridgehead atoms. The van der Waals surface area contributed by atoms with Gasteiger partial charge < -0.3 is 25.0 Å². The second kappa shape index (κ2) is 19.4. The van der Waals surface area contributed by atoms with E-state index < -0.39 is 47.8 Å². The molecule has 0 aliphatic carbocycles. The summed E-state index contributed by atoms with van der Waals surface area (Å²) < 4.78 is 34.8. The number of nitro benzene ring substituents is 2. The molecule has 7 aromatic rings. The Morgan fingerprint density at radius 1 is 0.474 bits per heavy atom. The van der Waals surface area contributed by atoms with Crippen LogP contribution >= 0.6 is 0 Å². The predicted octanol–water partition coefficient (Wildman–Crippen LogP) is 0.684. The number of benzene rings is 7. The Labute approximate surface area is 376 Å². The number of nitrogens with zero attached hydrogens (tertiary/aromatic N) is 6. The first kappa shape index (κ1) is 46.3. The molecule has 21 heteroatoms. The minimum atomic E-state index is -5.11.